The molecule has 0 N–H and O–H groups in total. The highest BCUT2D eigenvalue weighted by atomic mass is 16.1. The van der Waals surface area contributed by atoms with Gasteiger partial charge in [0.15, 0.2) is 11.6 Å². The van der Waals surface area contributed by atoms with Crippen LogP contribution in [0.15, 0.2) is 48.5 Å². The van der Waals surface area contributed by atoms with Crippen molar-refractivity contribution in [2.45, 2.75) is 20.8 Å². The van der Waals surface area contributed by atoms with Gasteiger partial charge in [-0.1, -0.05) is 42.0 Å². The number of carbonyl (C=O) groups excluding carboxylic acids is 3. The van der Waals surface area contributed by atoms with Crippen LogP contribution in [0.3, 0.4) is 0 Å². The number of hydrogen-bond donors (Lipinski definition) is 0. The molecule has 0 saturated carbocycles. The highest BCUT2D eigenvalue weighted by molar-refractivity contribution is 6.31. The van der Waals surface area contributed by atoms with Crippen molar-refractivity contribution in [3.63, 3.8) is 0 Å². The van der Waals surface area contributed by atoms with Crippen LogP contribution in [-0.2, 0) is 0 Å². The van der Waals surface area contributed by atoms with Crippen molar-refractivity contribution >= 4 is 17.3 Å². The summed E-state index contributed by atoms with van der Waals surface area (Å²) in [6.45, 7) is 5.19. The normalized spacial score (nSPS) is 12.7. The molecule has 4 nitrogen and oxygen atoms in total. The summed E-state index contributed by atoms with van der Waals surface area (Å²) in [5.41, 5.74) is 4.03. The number of hydrogen-bond acceptors (Lipinski definition) is 3. The van der Waals surface area contributed by atoms with Crippen LogP contribution in [0.2, 0.25) is 0 Å². The summed E-state index contributed by atoms with van der Waals surface area (Å²) in [7, 11) is 0. The Kier molecular flexibility index (Phi) is 3.51. The maximum absolute atomic E-state index is 13.2. The molecule has 0 amide bonds. The smallest absolute Gasteiger partial charge is 0.211 e. The Morgan fingerprint density at radius 1 is 0.846 bits per heavy atom. The number of Topliss-reactive ketones (excluding diaryl/α,β-unsaturated/α-hetero) is 1. The molecule has 0 bridgehead atoms. The molecule has 1 aliphatic carbocycles. The minimum atomic E-state index is -0.269. The van der Waals surface area contributed by atoms with E-state index in [-0.39, 0.29) is 28.6 Å². The number of ketones is 3. The first-order valence-corrected chi connectivity index (χ1v) is 8.43. The standard InChI is InChI=1S/C22H17NO3/c1-12-8-10-15(11-9-12)23-13(2)18(14(3)24)19-20(23)22(26)17-7-5-4-6-16(17)21(19)25/h4-11H,1-3H3. The molecule has 0 radical (unpaired) electrons. The van der Waals surface area contributed by atoms with E-state index in [1.165, 1.54) is 6.92 Å². The van der Waals surface area contributed by atoms with Gasteiger partial charge >= 0.3 is 0 Å². The molecule has 4 heteroatoms. The molecule has 0 aliphatic heterocycles. The molecule has 0 atom stereocenters. The van der Waals surface area contributed by atoms with Gasteiger partial charge < -0.3 is 4.57 Å². The molecule has 0 spiro atoms. The third kappa shape index (κ3) is 2.12. The third-order valence-electron chi connectivity index (χ3n) is 4.91. The fourth-order valence-electron chi connectivity index (χ4n) is 3.72. The molecule has 0 unspecified atom stereocenters. The zero-order chi connectivity index (χ0) is 18.6. The van der Waals surface area contributed by atoms with Gasteiger partial charge in [-0.05, 0) is 32.9 Å². The molecular formula is C22H17NO3. The number of aryl methyl sites for hydroxylation is 1. The lowest BCUT2D eigenvalue weighted by Crippen LogP contribution is -2.23. The quantitative estimate of drug-likeness (QED) is 0.516. The van der Waals surface area contributed by atoms with E-state index in [0.29, 0.717) is 22.4 Å². The largest absolute Gasteiger partial charge is 0.310 e. The highest BCUT2D eigenvalue weighted by Crippen LogP contribution is 2.35. The molecule has 3 aromatic rings. The maximum Gasteiger partial charge on any atom is 0.211 e. The van der Waals surface area contributed by atoms with Crippen molar-refractivity contribution in [3.8, 4) is 5.69 Å². The van der Waals surface area contributed by atoms with Gasteiger partial charge in [-0.25, -0.2) is 0 Å². The van der Waals surface area contributed by atoms with Crippen molar-refractivity contribution < 1.29 is 14.4 Å². The number of nitrogens with zero attached hydrogens (tertiary/aromatic N) is 1. The predicted molar refractivity (Wildman–Crippen MR) is 98.6 cm³/mol. The monoisotopic (exact) mass is 343 g/mol. The number of fused-ring (bicyclic) bond motifs is 2. The van der Waals surface area contributed by atoms with Crippen LogP contribution in [0.5, 0.6) is 0 Å². The van der Waals surface area contributed by atoms with Gasteiger partial charge in [-0.3, -0.25) is 14.4 Å². The van der Waals surface area contributed by atoms with Crippen LogP contribution in [0.1, 0.15) is 60.5 Å². The zero-order valence-electron chi connectivity index (χ0n) is 14.8. The molecule has 1 aliphatic rings. The van der Waals surface area contributed by atoms with Crippen molar-refractivity contribution in [1.82, 2.24) is 4.57 Å². The van der Waals surface area contributed by atoms with E-state index in [4.69, 9.17) is 0 Å². The highest BCUT2D eigenvalue weighted by Gasteiger charge is 2.38. The van der Waals surface area contributed by atoms with Gasteiger partial charge in [0, 0.05) is 22.5 Å². The third-order valence-corrected chi connectivity index (χ3v) is 4.91. The maximum atomic E-state index is 13.2. The molecule has 0 fully saturated rings. The van der Waals surface area contributed by atoms with Crippen LogP contribution >= 0.6 is 0 Å². The Morgan fingerprint density at radius 2 is 1.42 bits per heavy atom. The van der Waals surface area contributed by atoms with E-state index >= 15 is 0 Å². The number of aromatic nitrogens is 1. The van der Waals surface area contributed by atoms with E-state index in [2.05, 4.69) is 0 Å². The van der Waals surface area contributed by atoms with Gasteiger partial charge in [0.1, 0.15) is 5.69 Å². The average Bonchev–Trinajstić information content (AvgIpc) is 2.94. The van der Waals surface area contributed by atoms with Gasteiger partial charge in [-0.15, -0.1) is 0 Å². The SMILES string of the molecule is CC(=O)c1c2c(n(-c3ccc(C)cc3)c1C)C(=O)c1ccccc1C2=O. The molecule has 2 aromatic carbocycles. The first-order chi connectivity index (χ1) is 12.4. The number of benzene rings is 2. The van der Waals surface area contributed by atoms with Crippen LogP contribution in [-0.4, -0.2) is 21.9 Å². The molecule has 128 valence electrons. The molecule has 0 saturated heterocycles. The van der Waals surface area contributed by atoms with Crippen molar-refractivity contribution in [3.05, 3.63) is 87.7 Å². The van der Waals surface area contributed by atoms with E-state index < -0.39 is 0 Å². The summed E-state index contributed by atoms with van der Waals surface area (Å²) in [4.78, 5) is 38.7. The summed E-state index contributed by atoms with van der Waals surface area (Å²) >= 11 is 0. The summed E-state index contributed by atoms with van der Waals surface area (Å²) < 4.78 is 1.74. The first kappa shape index (κ1) is 16.2. The molecule has 1 aromatic heterocycles. The minimum Gasteiger partial charge on any atom is -0.310 e. The predicted octanol–water partition coefficient (Wildman–Crippen LogP) is 4.07. The Hall–Kier alpha value is -3.27. The Bertz CT molecular complexity index is 1100. The zero-order valence-corrected chi connectivity index (χ0v) is 14.8. The Labute approximate surface area is 151 Å². The Morgan fingerprint density at radius 3 is 2.00 bits per heavy atom. The van der Waals surface area contributed by atoms with Crippen molar-refractivity contribution in [1.29, 1.82) is 0 Å². The molecular weight excluding hydrogens is 326 g/mol. The van der Waals surface area contributed by atoms with Crippen molar-refractivity contribution in [2.75, 3.05) is 0 Å². The number of carbonyl (C=O) groups is 3. The fraction of sp³-hybridized carbons (Fsp3) is 0.136. The van der Waals surface area contributed by atoms with Gasteiger partial charge in [0.05, 0.1) is 11.1 Å². The second-order valence-electron chi connectivity index (χ2n) is 6.61. The second kappa shape index (κ2) is 5.63. The van der Waals surface area contributed by atoms with Crippen LogP contribution in [0.4, 0.5) is 0 Å². The minimum absolute atomic E-state index is 0.217. The second-order valence-corrected chi connectivity index (χ2v) is 6.61. The summed E-state index contributed by atoms with van der Waals surface area (Å²) in [5, 5.41) is 0. The van der Waals surface area contributed by atoms with Gasteiger partial charge in [0.25, 0.3) is 0 Å². The fourth-order valence-corrected chi connectivity index (χ4v) is 3.72. The Balaban J connectivity index is 2.11. The average molecular weight is 343 g/mol. The first-order valence-electron chi connectivity index (χ1n) is 8.43. The van der Waals surface area contributed by atoms with Gasteiger partial charge in [0.2, 0.25) is 5.78 Å². The van der Waals surface area contributed by atoms with E-state index in [1.807, 2.05) is 31.2 Å². The summed E-state index contributed by atoms with van der Waals surface area (Å²) in [6.07, 6.45) is 0. The lowest BCUT2D eigenvalue weighted by Gasteiger charge is -2.18. The summed E-state index contributed by atoms with van der Waals surface area (Å²) in [5.74, 6) is -0.717. The van der Waals surface area contributed by atoms with Crippen LogP contribution in [0, 0.1) is 13.8 Å². The van der Waals surface area contributed by atoms with Crippen LogP contribution in [0.25, 0.3) is 5.69 Å². The molecule has 26 heavy (non-hydrogen) atoms. The van der Waals surface area contributed by atoms with E-state index in [0.717, 1.165) is 11.3 Å². The summed E-state index contributed by atoms with van der Waals surface area (Å²) in [6, 6.07) is 14.4. The molecule has 4 rings (SSSR count). The number of rotatable bonds is 2. The molecule has 1 heterocycles. The topological polar surface area (TPSA) is 56.1 Å². The van der Waals surface area contributed by atoms with Crippen LogP contribution < -0.4 is 0 Å². The lowest BCUT2D eigenvalue weighted by molar-refractivity contribution is 0.0967. The van der Waals surface area contributed by atoms with Gasteiger partial charge in [-0.2, -0.15) is 0 Å². The van der Waals surface area contributed by atoms with Crippen molar-refractivity contribution in [2.24, 2.45) is 0 Å². The van der Waals surface area contributed by atoms with E-state index in [1.54, 1.807) is 35.8 Å². The lowest BCUT2D eigenvalue weighted by atomic mass is 9.85. The van der Waals surface area contributed by atoms with E-state index in [9.17, 15) is 14.4 Å².